The molecule has 0 unspecified atom stereocenters. The quantitative estimate of drug-likeness (QED) is 0.681. The fraction of sp³-hybridized carbons (Fsp3) is 0.0714. The summed E-state index contributed by atoms with van der Waals surface area (Å²) in [5, 5.41) is 1.94. The third-order valence-electron chi connectivity index (χ3n) is 2.90. The van der Waals surface area contributed by atoms with Gasteiger partial charge < -0.3 is 4.57 Å². The lowest BCUT2D eigenvalue weighted by Gasteiger charge is -2.07. The Bertz CT molecular complexity index is 732. The van der Waals surface area contributed by atoms with Crippen LogP contribution in [-0.4, -0.2) is 9.55 Å². The number of imidazole rings is 1. The van der Waals surface area contributed by atoms with Crippen LogP contribution in [0.2, 0.25) is 10.0 Å². The maximum atomic E-state index is 6.02. The lowest BCUT2D eigenvalue weighted by Crippen LogP contribution is -2.00. The van der Waals surface area contributed by atoms with Gasteiger partial charge >= 0.3 is 0 Å². The monoisotopic (exact) mass is 308 g/mol. The molecule has 0 bridgehead atoms. The van der Waals surface area contributed by atoms with Gasteiger partial charge in [0, 0.05) is 10.0 Å². The van der Waals surface area contributed by atoms with Gasteiger partial charge in [-0.15, -0.1) is 12.6 Å². The van der Waals surface area contributed by atoms with E-state index in [1.165, 1.54) is 0 Å². The van der Waals surface area contributed by atoms with Crippen molar-refractivity contribution >= 4 is 46.9 Å². The lowest BCUT2D eigenvalue weighted by atomic mass is 10.2. The van der Waals surface area contributed by atoms with Gasteiger partial charge in [-0.3, -0.25) is 0 Å². The summed E-state index contributed by atoms with van der Waals surface area (Å²) in [5.41, 5.74) is 3.00. The molecule has 0 aliphatic rings. The summed E-state index contributed by atoms with van der Waals surface area (Å²) >= 11 is 16.5. The van der Waals surface area contributed by atoms with E-state index in [2.05, 4.69) is 17.6 Å². The minimum Gasteiger partial charge on any atom is -0.315 e. The van der Waals surface area contributed by atoms with E-state index in [0.29, 0.717) is 21.7 Å². The minimum absolute atomic E-state index is 0.632. The van der Waals surface area contributed by atoms with Gasteiger partial charge in [0.1, 0.15) is 0 Å². The van der Waals surface area contributed by atoms with E-state index in [-0.39, 0.29) is 0 Å². The molecule has 0 aliphatic carbocycles. The molecule has 3 aromatic rings. The molecule has 2 aromatic carbocycles. The van der Waals surface area contributed by atoms with E-state index in [0.717, 1.165) is 16.6 Å². The van der Waals surface area contributed by atoms with Crippen LogP contribution in [0.3, 0.4) is 0 Å². The molecule has 1 heterocycles. The first-order valence-corrected chi connectivity index (χ1v) is 6.93. The molecule has 19 heavy (non-hydrogen) atoms. The summed E-state index contributed by atoms with van der Waals surface area (Å²) in [4.78, 5) is 4.42. The van der Waals surface area contributed by atoms with Crippen LogP contribution in [0.15, 0.2) is 47.6 Å². The second-order valence-electron chi connectivity index (χ2n) is 4.26. The highest BCUT2D eigenvalue weighted by Gasteiger charge is 2.08. The molecule has 0 saturated carbocycles. The van der Waals surface area contributed by atoms with Crippen molar-refractivity contribution in [3.05, 3.63) is 58.1 Å². The minimum atomic E-state index is 0.632. The van der Waals surface area contributed by atoms with Crippen molar-refractivity contribution in [1.82, 2.24) is 9.55 Å². The Labute approximate surface area is 126 Å². The number of hydrogen-bond donors (Lipinski definition) is 1. The molecule has 0 radical (unpaired) electrons. The number of hydrogen-bond acceptors (Lipinski definition) is 2. The summed E-state index contributed by atoms with van der Waals surface area (Å²) in [6.45, 7) is 0.639. The third-order valence-corrected chi connectivity index (χ3v) is 3.68. The van der Waals surface area contributed by atoms with Gasteiger partial charge in [0.15, 0.2) is 5.16 Å². The van der Waals surface area contributed by atoms with Crippen molar-refractivity contribution in [3.63, 3.8) is 0 Å². The first-order valence-electron chi connectivity index (χ1n) is 5.73. The highest BCUT2D eigenvalue weighted by molar-refractivity contribution is 7.80. The Morgan fingerprint density at radius 1 is 1.05 bits per heavy atom. The van der Waals surface area contributed by atoms with Crippen molar-refractivity contribution in [3.8, 4) is 0 Å². The second-order valence-corrected chi connectivity index (χ2v) is 5.54. The first-order chi connectivity index (χ1) is 9.13. The van der Waals surface area contributed by atoms with Crippen LogP contribution in [0, 0.1) is 0 Å². The molecule has 0 saturated heterocycles. The van der Waals surface area contributed by atoms with Gasteiger partial charge in [0.25, 0.3) is 0 Å². The summed E-state index contributed by atoms with van der Waals surface area (Å²) in [6, 6.07) is 13.5. The van der Waals surface area contributed by atoms with Crippen LogP contribution in [-0.2, 0) is 6.54 Å². The van der Waals surface area contributed by atoms with E-state index >= 15 is 0 Å². The average Bonchev–Trinajstić information content (AvgIpc) is 2.65. The van der Waals surface area contributed by atoms with Crippen molar-refractivity contribution in [2.75, 3.05) is 0 Å². The summed E-state index contributed by atoms with van der Waals surface area (Å²) in [5.74, 6) is 0. The Morgan fingerprint density at radius 3 is 2.47 bits per heavy atom. The van der Waals surface area contributed by atoms with E-state index in [4.69, 9.17) is 23.2 Å². The summed E-state index contributed by atoms with van der Waals surface area (Å²) in [7, 11) is 0. The Balaban J connectivity index is 2.07. The van der Waals surface area contributed by atoms with Crippen LogP contribution in [0.25, 0.3) is 11.0 Å². The van der Waals surface area contributed by atoms with Crippen LogP contribution in [0.4, 0.5) is 0 Å². The largest absolute Gasteiger partial charge is 0.315 e. The van der Waals surface area contributed by atoms with Crippen molar-refractivity contribution < 1.29 is 0 Å². The number of para-hydroxylation sites is 2. The van der Waals surface area contributed by atoms with Gasteiger partial charge in [0.2, 0.25) is 0 Å². The third kappa shape index (κ3) is 2.59. The molecule has 5 heteroatoms. The predicted octanol–water partition coefficient (Wildman–Crippen LogP) is 4.68. The van der Waals surface area contributed by atoms with Crippen molar-refractivity contribution in [2.24, 2.45) is 0 Å². The Kier molecular flexibility index (Phi) is 3.44. The molecule has 0 atom stereocenters. The maximum absolute atomic E-state index is 6.02. The first kappa shape index (κ1) is 12.9. The highest BCUT2D eigenvalue weighted by atomic mass is 35.5. The van der Waals surface area contributed by atoms with Crippen LogP contribution in [0.5, 0.6) is 0 Å². The van der Waals surface area contributed by atoms with E-state index in [9.17, 15) is 0 Å². The number of aromatic nitrogens is 2. The molecule has 2 nitrogen and oxygen atoms in total. The second kappa shape index (κ2) is 5.08. The molecule has 0 amide bonds. The van der Waals surface area contributed by atoms with Gasteiger partial charge in [0.05, 0.1) is 17.6 Å². The molecule has 3 rings (SSSR count). The molecule has 1 aromatic heterocycles. The SMILES string of the molecule is Sc1nc2ccccc2n1Cc1cc(Cl)cc(Cl)c1. The molecule has 0 N–H and O–H groups in total. The zero-order valence-corrected chi connectivity index (χ0v) is 12.3. The zero-order valence-electron chi connectivity index (χ0n) is 9.85. The zero-order chi connectivity index (χ0) is 13.4. The predicted molar refractivity (Wildman–Crippen MR) is 82.5 cm³/mol. The number of nitrogens with zero attached hydrogens (tertiary/aromatic N) is 2. The average molecular weight is 309 g/mol. The van der Waals surface area contributed by atoms with Crippen LogP contribution in [0.1, 0.15) is 5.56 Å². The fourth-order valence-corrected chi connectivity index (χ4v) is 2.96. The van der Waals surface area contributed by atoms with E-state index in [1.807, 2.05) is 41.0 Å². The standard InChI is InChI=1S/C14H10Cl2N2S/c15-10-5-9(6-11(16)7-10)8-18-13-4-2-1-3-12(13)17-14(18)19/h1-7H,8H2,(H,17,19). The fourth-order valence-electron chi connectivity index (χ4n) is 2.10. The summed E-state index contributed by atoms with van der Waals surface area (Å²) in [6.07, 6.45) is 0. The number of thiol groups is 1. The molecule has 96 valence electrons. The summed E-state index contributed by atoms with van der Waals surface area (Å²) < 4.78 is 2.03. The smallest absolute Gasteiger partial charge is 0.166 e. The molecule has 0 aliphatic heterocycles. The normalized spacial score (nSPS) is 11.1. The Hall–Kier alpha value is -1.16. The topological polar surface area (TPSA) is 17.8 Å². The number of fused-ring (bicyclic) bond motifs is 1. The van der Waals surface area contributed by atoms with E-state index in [1.54, 1.807) is 6.07 Å². The van der Waals surface area contributed by atoms with Crippen LogP contribution >= 0.6 is 35.8 Å². The molecule has 0 spiro atoms. The van der Waals surface area contributed by atoms with Gasteiger partial charge in [-0.05, 0) is 35.9 Å². The maximum Gasteiger partial charge on any atom is 0.166 e. The number of benzene rings is 2. The molecular weight excluding hydrogens is 299 g/mol. The van der Waals surface area contributed by atoms with Crippen molar-refractivity contribution in [2.45, 2.75) is 11.7 Å². The van der Waals surface area contributed by atoms with E-state index < -0.39 is 0 Å². The molecular formula is C14H10Cl2N2S. The lowest BCUT2D eigenvalue weighted by molar-refractivity contribution is 0.734. The highest BCUT2D eigenvalue weighted by Crippen LogP contribution is 2.23. The van der Waals surface area contributed by atoms with Crippen molar-refractivity contribution in [1.29, 1.82) is 0 Å². The van der Waals surface area contributed by atoms with Gasteiger partial charge in [-0.25, -0.2) is 4.98 Å². The molecule has 0 fully saturated rings. The Morgan fingerprint density at radius 2 is 1.74 bits per heavy atom. The van der Waals surface area contributed by atoms with Crippen LogP contribution < -0.4 is 0 Å². The van der Waals surface area contributed by atoms with Gasteiger partial charge in [-0.1, -0.05) is 35.3 Å². The number of rotatable bonds is 2. The van der Waals surface area contributed by atoms with Gasteiger partial charge in [-0.2, -0.15) is 0 Å². The number of halogens is 2.